The fourth-order valence-corrected chi connectivity index (χ4v) is 2.99. The molecule has 0 bridgehead atoms. The van der Waals surface area contributed by atoms with Crippen LogP contribution in [0.25, 0.3) is 17.1 Å². The second-order valence-corrected chi connectivity index (χ2v) is 7.77. The number of aryl methyl sites for hydroxylation is 1. The summed E-state index contributed by atoms with van der Waals surface area (Å²) in [6, 6.07) is 0.930. The third-order valence-corrected chi connectivity index (χ3v) is 4.32. The van der Waals surface area contributed by atoms with Crippen molar-refractivity contribution in [1.82, 2.24) is 19.9 Å². The summed E-state index contributed by atoms with van der Waals surface area (Å²) < 4.78 is 24.6. The van der Waals surface area contributed by atoms with Crippen molar-refractivity contribution in [3.8, 4) is 0 Å². The Hall–Kier alpha value is -3.01. The fraction of sp³-hybridized carbons (Fsp3) is 0.474. The molecule has 2 aromatic heterocycles. The minimum Gasteiger partial charge on any atom is -0.444 e. The number of ether oxygens (including phenoxy) is 2. The van der Waals surface area contributed by atoms with Crippen LogP contribution in [0.1, 0.15) is 26.3 Å². The second-order valence-electron chi connectivity index (χ2n) is 7.77. The molecule has 1 amide bonds. The number of amides is 1. The molecule has 3 heterocycles. The number of hydrogen-bond acceptors (Lipinski definition) is 7. The van der Waals surface area contributed by atoms with Crippen LogP contribution in [0.4, 0.5) is 15.1 Å². The number of halogens is 1. The monoisotopic (exact) mass is 405 g/mol. The van der Waals surface area contributed by atoms with Crippen molar-refractivity contribution in [3.05, 3.63) is 34.5 Å². The predicted molar refractivity (Wildman–Crippen MR) is 106 cm³/mol. The summed E-state index contributed by atoms with van der Waals surface area (Å²) in [5.74, 6) is 0.285. The molecule has 1 aliphatic heterocycles. The van der Waals surface area contributed by atoms with E-state index in [1.165, 1.54) is 10.6 Å². The van der Waals surface area contributed by atoms with Gasteiger partial charge in [-0.2, -0.15) is 4.98 Å². The first-order chi connectivity index (χ1) is 13.7. The number of nitrogens with one attached hydrogen (secondary N) is 2. The van der Waals surface area contributed by atoms with Gasteiger partial charge in [0.25, 0.3) is 5.56 Å². The highest BCUT2D eigenvalue weighted by molar-refractivity contribution is 5.78. The van der Waals surface area contributed by atoms with E-state index in [2.05, 4.69) is 20.6 Å². The van der Waals surface area contributed by atoms with E-state index in [1.54, 1.807) is 34.0 Å². The predicted octanol–water partition coefficient (Wildman–Crippen LogP) is 1.97. The van der Waals surface area contributed by atoms with Crippen LogP contribution in [0.5, 0.6) is 0 Å². The summed E-state index contributed by atoms with van der Waals surface area (Å²) >= 11 is 0. The number of carbonyl (C=O) groups is 1. The second kappa shape index (κ2) is 8.16. The van der Waals surface area contributed by atoms with Gasteiger partial charge < -0.3 is 20.1 Å². The number of aromatic nitrogens is 3. The Morgan fingerprint density at radius 2 is 2.10 bits per heavy atom. The molecule has 156 valence electrons. The number of pyridine rings is 1. The lowest BCUT2D eigenvalue weighted by atomic mass is 10.2. The molecule has 0 aliphatic carbocycles. The van der Waals surface area contributed by atoms with Crippen molar-refractivity contribution in [1.29, 1.82) is 0 Å². The van der Waals surface area contributed by atoms with Crippen molar-refractivity contribution in [2.75, 3.05) is 18.5 Å². The van der Waals surface area contributed by atoms with Crippen LogP contribution in [-0.2, 0) is 16.5 Å². The van der Waals surface area contributed by atoms with Gasteiger partial charge in [-0.3, -0.25) is 9.36 Å². The first-order valence-electron chi connectivity index (χ1n) is 9.15. The first kappa shape index (κ1) is 20.7. The van der Waals surface area contributed by atoms with E-state index in [0.29, 0.717) is 30.6 Å². The summed E-state index contributed by atoms with van der Waals surface area (Å²) in [6.45, 7) is 6.03. The van der Waals surface area contributed by atoms with Crippen LogP contribution in [0.15, 0.2) is 23.4 Å². The lowest BCUT2D eigenvalue weighted by Crippen LogP contribution is -2.47. The van der Waals surface area contributed by atoms with Crippen LogP contribution in [-0.4, -0.2) is 51.5 Å². The minimum absolute atomic E-state index is 0.206. The molecule has 1 fully saturated rings. The van der Waals surface area contributed by atoms with Crippen LogP contribution in [0, 0.1) is 0 Å². The summed E-state index contributed by atoms with van der Waals surface area (Å²) in [5, 5.41) is 6.51. The Morgan fingerprint density at radius 3 is 2.79 bits per heavy atom. The van der Waals surface area contributed by atoms with E-state index >= 15 is 0 Å². The minimum atomic E-state index is -0.602. The van der Waals surface area contributed by atoms with Crippen LogP contribution < -0.4 is 16.2 Å². The maximum Gasteiger partial charge on any atom is 0.408 e. The Bertz CT molecular complexity index is 998. The molecule has 10 heteroatoms. The SMILES string of the molecule is Cn1c(=O)c(/C=C\F)cc2cnc(N[C@@H]3COC[C@@H]3NC(=O)OC(C)(C)C)nc21. The fourth-order valence-electron chi connectivity index (χ4n) is 2.99. The molecule has 0 spiro atoms. The average Bonchev–Trinajstić information content (AvgIpc) is 3.05. The van der Waals surface area contributed by atoms with Gasteiger partial charge in [-0.1, -0.05) is 0 Å². The summed E-state index contributed by atoms with van der Waals surface area (Å²) in [5.41, 5.74) is -0.365. The molecule has 2 N–H and O–H groups in total. The van der Waals surface area contributed by atoms with E-state index < -0.39 is 11.7 Å². The lowest BCUT2D eigenvalue weighted by molar-refractivity contribution is 0.0497. The van der Waals surface area contributed by atoms with E-state index in [9.17, 15) is 14.0 Å². The van der Waals surface area contributed by atoms with Gasteiger partial charge in [-0.15, -0.1) is 0 Å². The third kappa shape index (κ3) is 4.89. The van der Waals surface area contributed by atoms with E-state index in [1.807, 2.05) is 0 Å². The molecule has 1 aliphatic rings. The zero-order valence-corrected chi connectivity index (χ0v) is 16.7. The zero-order chi connectivity index (χ0) is 21.2. The lowest BCUT2D eigenvalue weighted by Gasteiger charge is -2.24. The quantitative estimate of drug-likeness (QED) is 0.801. The van der Waals surface area contributed by atoms with Crippen molar-refractivity contribution < 1.29 is 18.7 Å². The maximum atomic E-state index is 12.5. The molecule has 0 aromatic carbocycles. The Kier molecular flexibility index (Phi) is 5.83. The van der Waals surface area contributed by atoms with Gasteiger partial charge in [0.05, 0.1) is 31.6 Å². The zero-order valence-electron chi connectivity index (χ0n) is 16.7. The molecule has 1 saturated heterocycles. The number of carbonyl (C=O) groups excluding carboxylic acids is 1. The van der Waals surface area contributed by atoms with Crippen molar-refractivity contribution in [2.45, 2.75) is 38.5 Å². The van der Waals surface area contributed by atoms with Gasteiger partial charge >= 0.3 is 6.09 Å². The number of fused-ring (bicyclic) bond motifs is 1. The Labute approximate surface area is 166 Å². The molecule has 9 nitrogen and oxygen atoms in total. The Balaban J connectivity index is 1.78. The van der Waals surface area contributed by atoms with Crippen LogP contribution >= 0.6 is 0 Å². The molecule has 2 aromatic rings. The summed E-state index contributed by atoms with van der Waals surface area (Å²) in [7, 11) is 1.56. The van der Waals surface area contributed by atoms with Gasteiger partial charge in [0.2, 0.25) is 5.95 Å². The maximum absolute atomic E-state index is 12.5. The van der Waals surface area contributed by atoms with Crippen LogP contribution in [0.2, 0.25) is 0 Å². The standard InChI is InChI=1S/C19H24FN5O4/c1-19(2,3)29-18(27)23-14-10-28-9-13(14)22-17-21-8-12-7-11(5-6-20)16(26)25(4)15(12)24-17/h5-8,13-14H,9-10H2,1-4H3,(H,23,27)(H,21,22,24)/b6-5-/t13-,14+/m1/s1. The number of alkyl carbamates (subject to hydrolysis) is 1. The summed E-state index contributed by atoms with van der Waals surface area (Å²) in [6.07, 6.45) is 2.43. The molecule has 3 rings (SSSR count). The normalized spacial score (nSPS) is 19.6. The van der Waals surface area contributed by atoms with Gasteiger partial charge in [-0.25, -0.2) is 14.2 Å². The Morgan fingerprint density at radius 1 is 1.38 bits per heavy atom. The smallest absolute Gasteiger partial charge is 0.408 e. The highest BCUT2D eigenvalue weighted by Gasteiger charge is 2.31. The molecule has 2 atom stereocenters. The molecular weight excluding hydrogens is 381 g/mol. The van der Waals surface area contributed by atoms with Gasteiger partial charge in [0.15, 0.2) is 0 Å². The molecular formula is C19H24FN5O4. The van der Waals surface area contributed by atoms with Gasteiger partial charge in [0, 0.05) is 24.2 Å². The molecule has 0 radical (unpaired) electrons. The third-order valence-electron chi connectivity index (χ3n) is 4.32. The number of rotatable bonds is 4. The topological polar surface area (TPSA) is 107 Å². The van der Waals surface area contributed by atoms with Gasteiger partial charge in [0.1, 0.15) is 11.2 Å². The highest BCUT2D eigenvalue weighted by atomic mass is 19.1. The van der Waals surface area contributed by atoms with Gasteiger partial charge in [-0.05, 0) is 32.9 Å². The first-order valence-corrected chi connectivity index (χ1v) is 9.15. The average molecular weight is 405 g/mol. The number of hydrogen-bond donors (Lipinski definition) is 2. The van der Waals surface area contributed by atoms with E-state index in [-0.39, 0.29) is 29.2 Å². The highest BCUT2D eigenvalue weighted by Crippen LogP contribution is 2.16. The van der Waals surface area contributed by atoms with Crippen molar-refractivity contribution >= 4 is 29.2 Å². The van der Waals surface area contributed by atoms with Crippen LogP contribution in [0.3, 0.4) is 0 Å². The largest absolute Gasteiger partial charge is 0.444 e. The molecule has 0 unspecified atom stereocenters. The van der Waals surface area contributed by atoms with Crippen molar-refractivity contribution in [2.24, 2.45) is 7.05 Å². The molecule has 29 heavy (non-hydrogen) atoms. The number of anilines is 1. The number of nitrogens with zero attached hydrogens (tertiary/aromatic N) is 3. The molecule has 0 saturated carbocycles. The van der Waals surface area contributed by atoms with Crippen molar-refractivity contribution in [3.63, 3.8) is 0 Å². The van der Waals surface area contributed by atoms with E-state index in [4.69, 9.17) is 9.47 Å². The summed E-state index contributed by atoms with van der Waals surface area (Å²) in [4.78, 5) is 33.0. The van der Waals surface area contributed by atoms with E-state index in [0.717, 1.165) is 6.08 Å².